The summed E-state index contributed by atoms with van der Waals surface area (Å²) in [7, 11) is 0. The van der Waals surface area contributed by atoms with Gasteiger partial charge in [0.25, 0.3) is 0 Å². The van der Waals surface area contributed by atoms with Crippen LogP contribution in [-0.4, -0.2) is 34.7 Å². The Balaban J connectivity index is 2.66. The van der Waals surface area contributed by atoms with Crippen molar-refractivity contribution in [2.45, 2.75) is 59.2 Å². The SMILES string of the molecule is CC1CC(C)C(C)N(C(C)C(C)O)C1. The molecular formula is C12H25NO. The zero-order chi connectivity index (χ0) is 10.9. The van der Waals surface area contributed by atoms with Gasteiger partial charge < -0.3 is 5.11 Å². The average molecular weight is 199 g/mol. The van der Waals surface area contributed by atoms with Crippen LogP contribution >= 0.6 is 0 Å². The zero-order valence-electron chi connectivity index (χ0n) is 10.2. The van der Waals surface area contributed by atoms with Gasteiger partial charge in [-0.05, 0) is 39.0 Å². The first-order valence-corrected chi connectivity index (χ1v) is 5.87. The van der Waals surface area contributed by atoms with Crippen LogP contribution in [0.15, 0.2) is 0 Å². The molecule has 1 saturated heterocycles. The predicted molar refractivity (Wildman–Crippen MR) is 60.3 cm³/mol. The lowest BCUT2D eigenvalue weighted by atomic mass is 9.84. The van der Waals surface area contributed by atoms with Crippen LogP contribution in [-0.2, 0) is 0 Å². The van der Waals surface area contributed by atoms with Crippen LogP contribution < -0.4 is 0 Å². The quantitative estimate of drug-likeness (QED) is 0.736. The lowest BCUT2D eigenvalue weighted by molar-refractivity contribution is -0.00541. The van der Waals surface area contributed by atoms with E-state index in [9.17, 15) is 5.11 Å². The van der Waals surface area contributed by atoms with Crippen LogP contribution in [0.2, 0.25) is 0 Å². The molecule has 84 valence electrons. The molecule has 0 aromatic carbocycles. The molecule has 0 amide bonds. The number of piperidine rings is 1. The monoisotopic (exact) mass is 199 g/mol. The van der Waals surface area contributed by atoms with E-state index < -0.39 is 0 Å². The molecule has 0 radical (unpaired) electrons. The second-order valence-electron chi connectivity index (χ2n) is 5.24. The Hall–Kier alpha value is -0.0800. The van der Waals surface area contributed by atoms with E-state index in [1.807, 2.05) is 6.92 Å². The molecule has 14 heavy (non-hydrogen) atoms. The van der Waals surface area contributed by atoms with E-state index in [0.29, 0.717) is 6.04 Å². The number of hydrogen-bond acceptors (Lipinski definition) is 2. The van der Waals surface area contributed by atoms with Crippen molar-refractivity contribution in [3.8, 4) is 0 Å². The molecule has 0 saturated carbocycles. The highest BCUT2D eigenvalue weighted by Crippen LogP contribution is 2.28. The zero-order valence-corrected chi connectivity index (χ0v) is 10.2. The van der Waals surface area contributed by atoms with Crippen molar-refractivity contribution in [1.82, 2.24) is 4.90 Å². The largest absolute Gasteiger partial charge is 0.392 e. The summed E-state index contributed by atoms with van der Waals surface area (Å²) in [5.41, 5.74) is 0. The number of likely N-dealkylation sites (tertiary alicyclic amines) is 1. The Morgan fingerprint density at radius 2 is 1.79 bits per heavy atom. The molecule has 5 unspecified atom stereocenters. The first-order chi connectivity index (χ1) is 6.43. The van der Waals surface area contributed by atoms with Gasteiger partial charge >= 0.3 is 0 Å². The van der Waals surface area contributed by atoms with Crippen molar-refractivity contribution in [2.75, 3.05) is 6.54 Å². The van der Waals surface area contributed by atoms with Crippen LogP contribution in [0.25, 0.3) is 0 Å². The topological polar surface area (TPSA) is 23.5 Å². The van der Waals surface area contributed by atoms with Gasteiger partial charge in [0.05, 0.1) is 6.10 Å². The smallest absolute Gasteiger partial charge is 0.0664 e. The van der Waals surface area contributed by atoms with Crippen molar-refractivity contribution < 1.29 is 5.11 Å². The van der Waals surface area contributed by atoms with Crippen LogP contribution in [0.1, 0.15) is 41.0 Å². The molecule has 0 aromatic rings. The highest BCUT2D eigenvalue weighted by Gasteiger charge is 2.32. The van der Waals surface area contributed by atoms with Gasteiger partial charge in [0.2, 0.25) is 0 Å². The molecule has 0 aromatic heterocycles. The van der Waals surface area contributed by atoms with Crippen LogP contribution in [0.4, 0.5) is 0 Å². The average Bonchev–Trinajstić information content (AvgIpc) is 2.09. The van der Waals surface area contributed by atoms with Crippen molar-refractivity contribution in [1.29, 1.82) is 0 Å². The molecular weight excluding hydrogens is 174 g/mol. The van der Waals surface area contributed by atoms with E-state index in [0.717, 1.165) is 18.4 Å². The highest BCUT2D eigenvalue weighted by molar-refractivity contribution is 4.86. The summed E-state index contributed by atoms with van der Waals surface area (Å²) in [6.45, 7) is 12.1. The second kappa shape index (κ2) is 4.63. The van der Waals surface area contributed by atoms with E-state index in [1.165, 1.54) is 6.42 Å². The Morgan fingerprint density at radius 3 is 2.29 bits per heavy atom. The first kappa shape index (κ1) is 12.0. The Bertz CT molecular complexity index is 177. The molecule has 1 rings (SSSR count). The summed E-state index contributed by atoms with van der Waals surface area (Å²) in [5, 5.41) is 9.62. The molecule has 2 heteroatoms. The normalized spacial score (nSPS) is 39.4. The Kier molecular flexibility index (Phi) is 3.96. The molecule has 0 spiro atoms. The fraction of sp³-hybridized carbons (Fsp3) is 1.00. The maximum absolute atomic E-state index is 9.62. The number of rotatable bonds is 2. The summed E-state index contributed by atoms with van der Waals surface area (Å²) >= 11 is 0. The van der Waals surface area contributed by atoms with E-state index >= 15 is 0 Å². The maximum atomic E-state index is 9.62. The minimum Gasteiger partial charge on any atom is -0.392 e. The summed E-state index contributed by atoms with van der Waals surface area (Å²) in [6, 6.07) is 0.894. The molecule has 1 N–H and O–H groups in total. The minimum atomic E-state index is -0.227. The molecule has 0 bridgehead atoms. The van der Waals surface area contributed by atoms with Gasteiger partial charge in [-0.25, -0.2) is 0 Å². The van der Waals surface area contributed by atoms with E-state index in [-0.39, 0.29) is 12.1 Å². The van der Waals surface area contributed by atoms with Gasteiger partial charge in [-0.1, -0.05) is 13.8 Å². The third-order valence-corrected chi connectivity index (χ3v) is 3.86. The van der Waals surface area contributed by atoms with Crippen molar-refractivity contribution in [3.63, 3.8) is 0 Å². The van der Waals surface area contributed by atoms with E-state index in [2.05, 4.69) is 32.6 Å². The highest BCUT2D eigenvalue weighted by atomic mass is 16.3. The van der Waals surface area contributed by atoms with E-state index in [1.54, 1.807) is 0 Å². The maximum Gasteiger partial charge on any atom is 0.0664 e. The number of aliphatic hydroxyl groups is 1. The predicted octanol–water partition coefficient (Wildman–Crippen LogP) is 2.12. The van der Waals surface area contributed by atoms with Crippen molar-refractivity contribution in [2.24, 2.45) is 11.8 Å². The Labute approximate surface area is 88.3 Å². The van der Waals surface area contributed by atoms with Gasteiger partial charge in [0, 0.05) is 18.6 Å². The fourth-order valence-corrected chi connectivity index (χ4v) is 2.57. The number of aliphatic hydroxyl groups excluding tert-OH is 1. The van der Waals surface area contributed by atoms with Gasteiger partial charge in [-0.2, -0.15) is 0 Å². The standard InChI is InChI=1S/C12H25NO/c1-8-6-9(2)10(3)13(7-8)11(4)12(5)14/h8-12,14H,6-7H2,1-5H3. The molecule has 1 aliphatic heterocycles. The van der Waals surface area contributed by atoms with Crippen LogP contribution in [0.3, 0.4) is 0 Å². The summed E-state index contributed by atoms with van der Waals surface area (Å²) < 4.78 is 0. The van der Waals surface area contributed by atoms with E-state index in [4.69, 9.17) is 0 Å². The molecule has 5 atom stereocenters. The summed E-state index contributed by atoms with van der Waals surface area (Å²) in [6.07, 6.45) is 1.10. The fourth-order valence-electron chi connectivity index (χ4n) is 2.57. The van der Waals surface area contributed by atoms with Crippen LogP contribution in [0, 0.1) is 11.8 Å². The molecule has 1 fully saturated rings. The van der Waals surface area contributed by atoms with Gasteiger partial charge in [-0.15, -0.1) is 0 Å². The molecule has 1 heterocycles. The molecule has 2 nitrogen and oxygen atoms in total. The van der Waals surface area contributed by atoms with Crippen LogP contribution in [0.5, 0.6) is 0 Å². The first-order valence-electron chi connectivity index (χ1n) is 5.87. The summed E-state index contributed by atoms with van der Waals surface area (Å²) in [4.78, 5) is 2.46. The minimum absolute atomic E-state index is 0.227. The number of hydrogen-bond donors (Lipinski definition) is 1. The summed E-state index contributed by atoms with van der Waals surface area (Å²) in [5.74, 6) is 1.52. The third kappa shape index (κ3) is 2.48. The number of nitrogens with zero attached hydrogens (tertiary/aromatic N) is 1. The van der Waals surface area contributed by atoms with Gasteiger partial charge in [0.15, 0.2) is 0 Å². The lowest BCUT2D eigenvalue weighted by Gasteiger charge is -2.45. The van der Waals surface area contributed by atoms with Gasteiger partial charge in [0.1, 0.15) is 0 Å². The molecule has 1 aliphatic rings. The Morgan fingerprint density at radius 1 is 1.21 bits per heavy atom. The van der Waals surface area contributed by atoms with Crippen molar-refractivity contribution in [3.05, 3.63) is 0 Å². The third-order valence-electron chi connectivity index (χ3n) is 3.86. The molecule has 0 aliphatic carbocycles. The van der Waals surface area contributed by atoms with Gasteiger partial charge in [-0.3, -0.25) is 4.90 Å². The second-order valence-corrected chi connectivity index (χ2v) is 5.24. The lowest BCUT2D eigenvalue weighted by Crippen LogP contribution is -2.53. The van der Waals surface area contributed by atoms with Crippen molar-refractivity contribution >= 4 is 0 Å².